The number of rotatable bonds is 1. The maximum atomic E-state index is 5.52. The van der Waals surface area contributed by atoms with Crippen molar-refractivity contribution in [1.29, 1.82) is 0 Å². The Kier molecular flexibility index (Phi) is 3.53. The summed E-state index contributed by atoms with van der Waals surface area (Å²) in [6.45, 7) is 12.0. The minimum absolute atomic E-state index is 0.643. The summed E-state index contributed by atoms with van der Waals surface area (Å²) in [5.74, 6) is 0.662. The van der Waals surface area contributed by atoms with E-state index in [4.69, 9.17) is 4.74 Å². The summed E-state index contributed by atoms with van der Waals surface area (Å²) in [6.07, 6.45) is 0. The van der Waals surface area contributed by atoms with E-state index >= 15 is 0 Å². The molecule has 0 saturated carbocycles. The zero-order chi connectivity index (χ0) is 9.14. The topological polar surface area (TPSA) is 12.5 Å². The highest BCUT2D eigenvalue weighted by Crippen LogP contribution is 2.16. The molecule has 0 radical (unpaired) electrons. The minimum Gasteiger partial charge on any atom is -0.380 e. The van der Waals surface area contributed by atoms with Crippen LogP contribution >= 0.6 is 0 Å². The first-order valence-corrected chi connectivity index (χ1v) is 4.96. The summed E-state index contributed by atoms with van der Waals surface area (Å²) in [5, 5.41) is 0. The molecule has 1 rings (SSSR count). The molecule has 0 spiro atoms. The van der Waals surface area contributed by atoms with Gasteiger partial charge in [-0.25, -0.2) is 0 Å². The van der Waals surface area contributed by atoms with Crippen LogP contribution in [-0.2, 0) is 4.74 Å². The largest absolute Gasteiger partial charge is 0.380 e. The molecule has 2 nitrogen and oxygen atoms in total. The first-order valence-electron chi connectivity index (χ1n) is 4.96. The second-order valence-electron chi connectivity index (χ2n) is 4.12. The van der Waals surface area contributed by atoms with E-state index < -0.39 is 0 Å². The van der Waals surface area contributed by atoms with Gasteiger partial charge in [0.15, 0.2) is 0 Å². The van der Waals surface area contributed by atoms with Crippen molar-refractivity contribution in [3.63, 3.8) is 0 Å². The number of ether oxygens (including phenoxy) is 1. The van der Waals surface area contributed by atoms with Crippen molar-refractivity contribution in [2.24, 2.45) is 5.92 Å². The standard InChI is InChI=1S/C10H21NO/c1-8(2)11-5-6-12-7-9(3)10(11)4/h8-10H,5-7H2,1-4H3. The third-order valence-electron chi connectivity index (χ3n) is 2.88. The van der Waals surface area contributed by atoms with Crippen LogP contribution in [0.1, 0.15) is 27.7 Å². The van der Waals surface area contributed by atoms with Crippen LogP contribution in [0, 0.1) is 5.92 Å². The van der Waals surface area contributed by atoms with Gasteiger partial charge in [-0.15, -0.1) is 0 Å². The van der Waals surface area contributed by atoms with Gasteiger partial charge in [0, 0.05) is 18.6 Å². The molecule has 0 bridgehead atoms. The van der Waals surface area contributed by atoms with Crippen LogP contribution in [0.5, 0.6) is 0 Å². The Labute approximate surface area is 75.9 Å². The van der Waals surface area contributed by atoms with E-state index in [0.717, 1.165) is 19.8 Å². The fourth-order valence-electron chi connectivity index (χ4n) is 1.84. The maximum Gasteiger partial charge on any atom is 0.0593 e. The molecule has 0 amide bonds. The molecular formula is C10H21NO. The molecule has 0 aromatic rings. The molecule has 2 unspecified atom stereocenters. The Balaban J connectivity index is 2.58. The molecule has 0 aromatic heterocycles. The van der Waals surface area contributed by atoms with Crippen molar-refractivity contribution in [2.75, 3.05) is 19.8 Å². The third-order valence-corrected chi connectivity index (χ3v) is 2.88. The average molecular weight is 171 g/mol. The van der Waals surface area contributed by atoms with E-state index in [1.54, 1.807) is 0 Å². The van der Waals surface area contributed by atoms with Crippen molar-refractivity contribution in [3.05, 3.63) is 0 Å². The lowest BCUT2D eigenvalue weighted by atomic mass is 10.0. The van der Waals surface area contributed by atoms with Gasteiger partial charge in [-0.1, -0.05) is 6.92 Å². The van der Waals surface area contributed by atoms with Crippen molar-refractivity contribution >= 4 is 0 Å². The second-order valence-corrected chi connectivity index (χ2v) is 4.12. The van der Waals surface area contributed by atoms with E-state index in [-0.39, 0.29) is 0 Å². The molecular weight excluding hydrogens is 150 g/mol. The number of nitrogens with zero attached hydrogens (tertiary/aromatic N) is 1. The van der Waals surface area contributed by atoms with E-state index in [1.807, 2.05) is 0 Å². The molecule has 1 heterocycles. The van der Waals surface area contributed by atoms with E-state index in [1.165, 1.54) is 0 Å². The molecule has 0 aromatic carbocycles. The predicted octanol–water partition coefficient (Wildman–Crippen LogP) is 1.75. The van der Waals surface area contributed by atoms with Crippen LogP contribution in [0.25, 0.3) is 0 Å². The Morgan fingerprint density at radius 3 is 2.58 bits per heavy atom. The maximum absolute atomic E-state index is 5.52. The normalized spacial score (nSPS) is 33.8. The monoisotopic (exact) mass is 171 g/mol. The molecule has 12 heavy (non-hydrogen) atoms. The fraction of sp³-hybridized carbons (Fsp3) is 1.00. The second kappa shape index (κ2) is 4.24. The Morgan fingerprint density at radius 2 is 2.00 bits per heavy atom. The van der Waals surface area contributed by atoms with Gasteiger partial charge in [0.25, 0.3) is 0 Å². The number of hydrogen-bond acceptors (Lipinski definition) is 2. The molecule has 1 aliphatic rings. The van der Waals surface area contributed by atoms with Crippen LogP contribution in [0.4, 0.5) is 0 Å². The Bertz CT molecular complexity index is 136. The van der Waals surface area contributed by atoms with Crippen molar-refractivity contribution in [3.8, 4) is 0 Å². The average Bonchev–Trinajstić information content (AvgIpc) is 2.15. The van der Waals surface area contributed by atoms with Gasteiger partial charge in [-0.3, -0.25) is 4.90 Å². The van der Waals surface area contributed by atoms with E-state index in [9.17, 15) is 0 Å². The van der Waals surface area contributed by atoms with Crippen LogP contribution in [0.3, 0.4) is 0 Å². The van der Waals surface area contributed by atoms with Crippen molar-refractivity contribution in [2.45, 2.75) is 39.8 Å². The minimum atomic E-state index is 0.643. The SMILES string of the molecule is CC1COCCN(C(C)C)C1C. The Morgan fingerprint density at radius 1 is 1.33 bits per heavy atom. The zero-order valence-electron chi connectivity index (χ0n) is 8.71. The number of hydrogen-bond donors (Lipinski definition) is 0. The van der Waals surface area contributed by atoms with Gasteiger partial charge in [-0.2, -0.15) is 0 Å². The van der Waals surface area contributed by atoms with Crippen LogP contribution in [-0.4, -0.2) is 36.7 Å². The molecule has 72 valence electrons. The molecule has 1 aliphatic heterocycles. The summed E-state index contributed by atoms with van der Waals surface area (Å²) in [6, 6.07) is 1.30. The summed E-state index contributed by atoms with van der Waals surface area (Å²) < 4.78 is 5.52. The lowest BCUT2D eigenvalue weighted by molar-refractivity contribution is 0.123. The molecule has 1 saturated heterocycles. The van der Waals surface area contributed by atoms with E-state index in [2.05, 4.69) is 32.6 Å². The molecule has 2 atom stereocenters. The fourth-order valence-corrected chi connectivity index (χ4v) is 1.84. The van der Waals surface area contributed by atoms with Gasteiger partial charge < -0.3 is 4.74 Å². The molecule has 0 N–H and O–H groups in total. The first-order chi connectivity index (χ1) is 5.63. The van der Waals surface area contributed by atoms with E-state index in [0.29, 0.717) is 18.0 Å². The van der Waals surface area contributed by atoms with Crippen molar-refractivity contribution in [1.82, 2.24) is 4.90 Å². The van der Waals surface area contributed by atoms with Crippen LogP contribution in [0.15, 0.2) is 0 Å². The van der Waals surface area contributed by atoms with Gasteiger partial charge in [0.1, 0.15) is 0 Å². The van der Waals surface area contributed by atoms with Crippen LogP contribution in [0.2, 0.25) is 0 Å². The quantitative estimate of drug-likeness (QED) is 0.596. The molecule has 0 aliphatic carbocycles. The lowest BCUT2D eigenvalue weighted by Gasteiger charge is -2.33. The molecule has 1 fully saturated rings. The third kappa shape index (κ3) is 2.20. The highest BCUT2D eigenvalue weighted by Gasteiger charge is 2.24. The highest BCUT2D eigenvalue weighted by molar-refractivity contribution is 4.77. The van der Waals surface area contributed by atoms with Gasteiger partial charge in [0.2, 0.25) is 0 Å². The highest BCUT2D eigenvalue weighted by atomic mass is 16.5. The molecule has 2 heteroatoms. The summed E-state index contributed by atoms with van der Waals surface area (Å²) in [4.78, 5) is 2.53. The van der Waals surface area contributed by atoms with Gasteiger partial charge >= 0.3 is 0 Å². The summed E-state index contributed by atoms with van der Waals surface area (Å²) >= 11 is 0. The predicted molar refractivity (Wildman–Crippen MR) is 51.3 cm³/mol. The lowest BCUT2D eigenvalue weighted by Crippen LogP contribution is -2.42. The van der Waals surface area contributed by atoms with Crippen LogP contribution < -0.4 is 0 Å². The van der Waals surface area contributed by atoms with Gasteiger partial charge in [-0.05, 0) is 26.7 Å². The summed E-state index contributed by atoms with van der Waals surface area (Å²) in [5.41, 5.74) is 0. The smallest absolute Gasteiger partial charge is 0.0593 e. The summed E-state index contributed by atoms with van der Waals surface area (Å²) in [7, 11) is 0. The zero-order valence-corrected chi connectivity index (χ0v) is 8.71. The van der Waals surface area contributed by atoms with Crippen molar-refractivity contribution < 1.29 is 4.74 Å². The Hall–Kier alpha value is -0.0800. The van der Waals surface area contributed by atoms with Gasteiger partial charge in [0.05, 0.1) is 13.2 Å². The first kappa shape index (κ1) is 10.0.